The molecule has 2 nitrogen and oxygen atoms in total. The van der Waals surface area contributed by atoms with E-state index in [1.165, 1.54) is 0 Å². The predicted molar refractivity (Wildman–Crippen MR) is 57.7 cm³/mol. The first-order valence-corrected chi connectivity index (χ1v) is 4.56. The van der Waals surface area contributed by atoms with E-state index in [0.29, 0.717) is 10.7 Å². The molecule has 0 aliphatic carbocycles. The van der Waals surface area contributed by atoms with Crippen LogP contribution in [0.25, 0.3) is 0 Å². The van der Waals surface area contributed by atoms with Gasteiger partial charge >= 0.3 is 0 Å². The van der Waals surface area contributed by atoms with Crippen LogP contribution in [-0.4, -0.2) is 10.1 Å². The van der Waals surface area contributed by atoms with Crippen LogP contribution >= 0.6 is 28.1 Å². The van der Waals surface area contributed by atoms with Crippen LogP contribution in [0.4, 0.5) is 5.69 Å². The molecular weight excluding hydrogens is 238 g/mol. The average molecular weight is 246 g/mol. The Morgan fingerprint density at radius 3 is 2.75 bits per heavy atom. The number of halogens is 1. The van der Waals surface area contributed by atoms with Crippen molar-refractivity contribution in [1.29, 1.82) is 0 Å². The maximum Gasteiger partial charge on any atom is 0.140 e. The molecule has 0 saturated carbocycles. The standard InChI is InChI=1S/C8H8BrNOS/c1-5(12)10-7-3-2-6(9)4-8(7)11/h2-4,11H,1H3,(H,10,12). The number of phenolic OH excluding ortho intramolecular Hbond substituents is 1. The molecule has 2 N–H and O–H groups in total. The van der Waals surface area contributed by atoms with Crippen LogP contribution in [0.1, 0.15) is 6.92 Å². The smallest absolute Gasteiger partial charge is 0.140 e. The molecule has 0 saturated heterocycles. The quantitative estimate of drug-likeness (QED) is 0.590. The van der Waals surface area contributed by atoms with Crippen molar-refractivity contribution in [2.45, 2.75) is 6.92 Å². The van der Waals surface area contributed by atoms with Crippen LogP contribution < -0.4 is 5.32 Å². The molecule has 0 atom stereocenters. The van der Waals surface area contributed by atoms with Gasteiger partial charge in [0.2, 0.25) is 0 Å². The van der Waals surface area contributed by atoms with E-state index in [1.807, 2.05) is 6.07 Å². The number of benzene rings is 1. The molecule has 0 radical (unpaired) electrons. The normalized spacial score (nSPS) is 9.50. The van der Waals surface area contributed by atoms with Gasteiger partial charge in [0.25, 0.3) is 0 Å². The Hall–Kier alpha value is -0.610. The maximum atomic E-state index is 9.39. The van der Waals surface area contributed by atoms with Crippen LogP contribution in [0.5, 0.6) is 5.75 Å². The first-order chi connectivity index (χ1) is 5.59. The van der Waals surface area contributed by atoms with Crippen molar-refractivity contribution < 1.29 is 5.11 Å². The molecule has 0 heterocycles. The monoisotopic (exact) mass is 245 g/mol. The van der Waals surface area contributed by atoms with Crippen LogP contribution in [0.15, 0.2) is 22.7 Å². The highest BCUT2D eigenvalue weighted by molar-refractivity contribution is 9.10. The molecule has 0 bridgehead atoms. The summed E-state index contributed by atoms with van der Waals surface area (Å²) in [6.07, 6.45) is 0. The van der Waals surface area contributed by atoms with Crippen LogP contribution in [0.3, 0.4) is 0 Å². The van der Waals surface area contributed by atoms with Gasteiger partial charge in [0.1, 0.15) is 5.75 Å². The van der Waals surface area contributed by atoms with E-state index in [2.05, 4.69) is 21.2 Å². The average Bonchev–Trinajstić information content (AvgIpc) is 1.94. The molecule has 0 fully saturated rings. The summed E-state index contributed by atoms with van der Waals surface area (Å²) in [5.74, 6) is 0.188. The van der Waals surface area contributed by atoms with Gasteiger partial charge in [0.05, 0.1) is 10.7 Å². The number of rotatable bonds is 1. The molecule has 1 aromatic carbocycles. The van der Waals surface area contributed by atoms with Gasteiger partial charge in [-0.05, 0) is 25.1 Å². The van der Waals surface area contributed by atoms with Gasteiger partial charge in [-0.25, -0.2) is 0 Å². The third kappa shape index (κ3) is 2.46. The zero-order valence-corrected chi connectivity index (χ0v) is 8.87. The molecular formula is C8H8BrNOS. The molecule has 0 aliphatic rings. The lowest BCUT2D eigenvalue weighted by atomic mass is 10.3. The van der Waals surface area contributed by atoms with E-state index < -0.39 is 0 Å². The van der Waals surface area contributed by atoms with Gasteiger partial charge in [-0.2, -0.15) is 0 Å². The van der Waals surface area contributed by atoms with Crippen LogP contribution in [0, 0.1) is 0 Å². The lowest BCUT2D eigenvalue weighted by Crippen LogP contribution is -2.03. The Labute approximate surface area is 84.7 Å². The summed E-state index contributed by atoms with van der Waals surface area (Å²) in [6, 6.07) is 5.20. The summed E-state index contributed by atoms with van der Waals surface area (Å²) in [4.78, 5) is 0.632. The van der Waals surface area contributed by atoms with Gasteiger partial charge < -0.3 is 10.4 Å². The summed E-state index contributed by atoms with van der Waals surface area (Å²) >= 11 is 8.08. The van der Waals surface area contributed by atoms with E-state index in [4.69, 9.17) is 12.2 Å². The second-order valence-corrected chi connectivity index (χ2v) is 3.87. The summed E-state index contributed by atoms with van der Waals surface area (Å²) in [7, 11) is 0. The highest BCUT2D eigenvalue weighted by Crippen LogP contribution is 2.26. The summed E-state index contributed by atoms with van der Waals surface area (Å²) in [6.45, 7) is 1.76. The largest absolute Gasteiger partial charge is 0.506 e. The molecule has 0 amide bonds. The first kappa shape index (κ1) is 9.48. The first-order valence-electron chi connectivity index (χ1n) is 3.35. The van der Waals surface area contributed by atoms with Gasteiger partial charge in [0.15, 0.2) is 0 Å². The van der Waals surface area contributed by atoms with Crippen molar-refractivity contribution in [1.82, 2.24) is 0 Å². The number of thiocarbonyl (C=S) groups is 1. The zero-order valence-electron chi connectivity index (χ0n) is 6.47. The van der Waals surface area contributed by atoms with Crippen molar-refractivity contribution in [2.24, 2.45) is 0 Å². The molecule has 64 valence electrons. The predicted octanol–water partition coefficient (Wildman–Crippen LogP) is 2.91. The van der Waals surface area contributed by atoms with E-state index in [9.17, 15) is 5.11 Å². The Bertz CT molecular complexity index is 314. The molecule has 0 unspecified atom stereocenters. The van der Waals surface area contributed by atoms with Crippen LogP contribution in [0.2, 0.25) is 0 Å². The molecule has 1 rings (SSSR count). The minimum Gasteiger partial charge on any atom is -0.506 e. The number of aromatic hydroxyl groups is 1. The van der Waals surface area contributed by atoms with E-state index in [-0.39, 0.29) is 5.75 Å². The van der Waals surface area contributed by atoms with Crippen molar-refractivity contribution in [2.75, 3.05) is 5.32 Å². The molecule has 0 aliphatic heterocycles. The fraction of sp³-hybridized carbons (Fsp3) is 0.125. The topological polar surface area (TPSA) is 32.3 Å². The van der Waals surface area contributed by atoms with Gasteiger partial charge in [0, 0.05) is 4.47 Å². The van der Waals surface area contributed by atoms with E-state index in [0.717, 1.165) is 4.47 Å². The number of anilines is 1. The summed E-state index contributed by atoms with van der Waals surface area (Å²) in [5.41, 5.74) is 0.630. The third-order valence-electron chi connectivity index (χ3n) is 1.27. The highest BCUT2D eigenvalue weighted by Gasteiger charge is 2.00. The number of nitrogens with one attached hydrogen (secondary N) is 1. The lowest BCUT2D eigenvalue weighted by Gasteiger charge is -2.05. The van der Waals surface area contributed by atoms with Crippen molar-refractivity contribution in [3.8, 4) is 5.75 Å². The molecule has 0 spiro atoms. The third-order valence-corrected chi connectivity index (χ3v) is 1.87. The van der Waals surface area contributed by atoms with Crippen molar-refractivity contribution >= 4 is 38.8 Å². The fourth-order valence-electron chi connectivity index (χ4n) is 0.800. The Balaban J connectivity index is 2.93. The second-order valence-electron chi connectivity index (χ2n) is 2.34. The minimum absolute atomic E-state index is 0.188. The van der Waals surface area contributed by atoms with Crippen molar-refractivity contribution in [3.63, 3.8) is 0 Å². The second kappa shape index (κ2) is 3.87. The van der Waals surface area contributed by atoms with Gasteiger partial charge in [-0.15, -0.1) is 0 Å². The van der Waals surface area contributed by atoms with Crippen LogP contribution in [-0.2, 0) is 0 Å². The number of phenols is 1. The maximum absolute atomic E-state index is 9.39. The van der Waals surface area contributed by atoms with Gasteiger partial charge in [-0.1, -0.05) is 28.1 Å². The van der Waals surface area contributed by atoms with Gasteiger partial charge in [-0.3, -0.25) is 0 Å². The molecule has 12 heavy (non-hydrogen) atoms. The Kier molecular flexibility index (Phi) is 3.05. The SMILES string of the molecule is CC(=S)Nc1ccc(Br)cc1O. The zero-order chi connectivity index (χ0) is 9.14. The summed E-state index contributed by atoms with van der Waals surface area (Å²) in [5, 5.41) is 12.2. The van der Waals surface area contributed by atoms with Crippen molar-refractivity contribution in [3.05, 3.63) is 22.7 Å². The molecule has 1 aromatic rings. The molecule has 0 aromatic heterocycles. The van der Waals surface area contributed by atoms with E-state index >= 15 is 0 Å². The Morgan fingerprint density at radius 2 is 2.25 bits per heavy atom. The van der Waals surface area contributed by atoms with E-state index in [1.54, 1.807) is 19.1 Å². The Morgan fingerprint density at radius 1 is 1.58 bits per heavy atom. The number of hydrogen-bond donors (Lipinski definition) is 2. The highest BCUT2D eigenvalue weighted by atomic mass is 79.9. The number of hydrogen-bond acceptors (Lipinski definition) is 2. The minimum atomic E-state index is 0.188. The summed E-state index contributed by atoms with van der Waals surface area (Å²) < 4.78 is 0.840. The fourth-order valence-corrected chi connectivity index (χ4v) is 1.26. The lowest BCUT2D eigenvalue weighted by molar-refractivity contribution is 0.477. The molecule has 4 heteroatoms.